The van der Waals surface area contributed by atoms with Crippen molar-refractivity contribution >= 4 is 17.5 Å². The zero-order valence-corrected chi connectivity index (χ0v) is 11.7. The summed E-state index contributed by atoms with van der Waals surface area (Å²) in [6, 6.07) is 1.63. The summed E-state index contributed by atoms with van der Waals surface area (Å²) < 4.78 is 2.16. The maximum Gasteiger partial charge on any atom is 0.252 e. The van der Waals surface area contributed by atoms with Crippen molar-refractivity contribution in [3.8, 4) is 0 Å². The highest BCUT2D eigenvalue weighted by Gasteiger charge is 2.20. The Morgan fingerprint density at radius 3 is 3.25 bits per heavy atom. The lowest BCUT2D eigenvalue weighted by atomic mass is 9.98. The molecule has 1 atom stereocenters. The average Bonchev–Trinajstić information content (AvgIpc) is 2.92. The number of fused-ring (bicyclic) bond motifs is 1. The highest BCUT2D eigenvalue weighted by atomic mass is 35.5. The molecule has 2 aromatic rings. The molecule has 5 nitrogen and oxygen atoms in total. The molecule has 0 spiro atoms. The van der Waals surface area contributed by atoms with E-state index in [1.165, 1.54) is 6.20 Å². The Morgan fingerprint density at radius 1 is 1.50 bits per heavy atom. The number of hydrogen-bond donors (Lipinski definition) is 1. The summed E-state index contributed by atoms with van der Waals surface area (Å²) >= 11 is 5.96. The molecule has 1 aliphatic rings. The molecular formula is C14H15ClN4O. The molecule has 1 aliphatic heterocycles. The number of amides is 1. The monoisotopic (exact) mass is 290 g/mol. The van der Waals surface area contributed by atoms with Gasteiger partial charge in [0.15, 0.2) is 0 Å². The molecule has 3 rings (SSSR count). The van der Waals surface area contributed by atoms with E-state index in [1.54, 1.807) is 12.3 Å². The van der Waals surface area contributed by atoms with Gasteiger partial charge in [-0.1, -0.05) is 11.6 Å². The lowest BCUT2D eigenvalue weighted by Crippen LogP contribution is -2.33. The maximum absolute atomic E-state index is 12.1. The number of nitrogens with one attached hydrogen (secondary N) is 1. The lowest BCUT2D eigenvalue weighted by molar-refractivity contribution is 0.0944. The van der Waals surface area contributed by atoms with Crippen LogP contribution in [0.15, 0.2) is 30.9 Å². The second-order valence-electron chi connectivity index (χ2n) is 4.96. The third kappa shape index (κ3) is 2.67. The van der Waals surface area contributed by atoms with Gasteiger partial charge < -0.3 is 9.88 Å². The second-order valence-corrected chi connectivity index (χ2v) is 5.37. The van der Waals surface area contributed by atoms with Crippen LogP contribution in [0.5, 0.6) is 0 Å². The van der Waals surface area contributed by atoms with Crippen molar-refractivity contribution in [3.05, 3.63) is 47.3 Å². The fourth-order valence-corrected chi connectivity index (χ4v) is 2.69. The van der Waals surface area contributed by atoms with Crippen LogP contribution in [0.1, 0.15) is 22.6 Å². The van der Waals surface area contributed by atoms with Crippen molar-refractivity contribution in [2.75, 3.05) is 6.54 Å². The molecule has 104 valence electrons. The first-order valence-corrected chi connectivity index (χ1v) is 6.99. The van der Waals surface area contributed by atoms with Crippen LogP contribution in [0.2, 0.25) is 5.02 Å². The van der Waals surface area contributed by atoms with Crippen molar-refractivity contribution in [2.24, 2.45) is 5.92 Å². The Morgan fingerprint density at radius 2 is 2.40 bits per heavy atom. The number of halogens is 1. The standard InChI is InChI=1S/C14H15ClN4O/c15-12-9-16-3-1-11(12)14(20)18-8-10-2-5-19-6-4-17-13(19)7-10/h1,3-4,6,9-10H,2,5,7-8H2,(H,18,20)/t10-/m1/s1. The molecule has 0 saturated carbocycles. The van der Waals surface area contributed by atoms with Gasteiger partial charge in [-0.2, -0.15) is 0 Å². The van der Waals surface area contributed by atoms with E-state index in [4.69, 9.17) is 11.6 Å². The number of carbonyl (C=O) groups excluding carboxylic acids is 1. The number of nitrogens with zero attached hydrogens (tertiary/aromatic N) is 3. The summed E-state index contributed by atoms with van der Waals surface area (Å²) in [6.07, 6.45) is 8.82. The molecule has 0 bridgehead atoms. The SMILES string of the molecule is O=C(NC[C@@H]1CCn2ccnc2C1)c1ccncc1Cl. The van der Waals surface area contributed by atoms with E-state index in [9.17, 15) is 4.79 Å². The van der Waals surface area contributed by atoms with E-state index >= 15 is 0 Å². The first kappa shape index (κ1) is 13.1. The van der Waals surface area contributed by atoms with Crippen molar-refractivity contribution in [3.63, 3.8) is 0 Å². The smallest absolute Gasteiger partial charge is 0.252 e. The third-order valence-corrected chi connectivity index (χ3v) is 3.92. The largest absolute Gasteiger partial charge is 0.352 e. The Bertz CT molecular complexity index is 625. The van der Waals surface area contributed by atoms with Crippen LogP contribution < -0.4 is 5.32 Å². The van der Waals surface area contributed by atoms with Gasteiger partial charge in [-0.25, -0.2) is 4.98 Å². The Kier molecular flexibility index (Phi) is 3.69. The van der Waals surface area contributed by atoms with E-state index in [-0.39, 0.29) is 5.91 Å². The predicted molar refractivity (Wildman–Crippen MR) is 75.6 cm³/mol. The maximum atomic E-state index is 12.1. The summed E-state index contributed by atoms with van der Waals surface area (Å²) in [6.45, 7) is 1.61. The van der Waals surface area contributed by atoms with Gasteiger partial charge in [-0.05, 0) is 18.4 Å². The van der Waals surface area contributed by atoms with E-state index < -0.39 is 0 Å². The van der Waals surface area contributed by atoms with Gasteiger partial charge in [0.05, 0.1) is 10.6 Å². The van der Waals surface area contributed by atoms with Gasteiger partial charge in [0.1, 0.15) is 5.82 Å². The molecule has 0 aromatic carbocycles. The summed E-state index contributed by atoms with van der Waals surface area (Å²) in [5, 5.41) is 3.32. The van der Waals surface area contributed by atoms with Crippen LogP contribution in [0.4, 0.5) is 0 Å². The molecular weight excluding hydrogens is 276 g/mol. The number of rotatable bonds is 3. The zero-order chi connectivity index (χ0) is 13.9. The third-order valence-electron chi connectivity index (χ3n) is 3.62. The van der Waals surface area contributed by atoms with E-state index in [2.05, 4.69) is 19.9 Å². The molecule has 0 aliphatic carbocycles. The minimum atomic E-state index is -0.147. The van der Waals surface area contributed by atoms with Gasteiger partial charge in [0, 0.05) is 44.3 Å². The van der Waals surface area contributed by atoms with Crippen LogP contribution in [0.3, 0.4) is 0 Å². The van der Waals surface area contributed by atoms with E-state index in [1.807, 2.05) is 12.4 Å². The minimum Gasteiger partial charge on any atom is -0.352 e. The van der Waals surface area contributed by atoms with Gasteiger partial charge >= 0.3 is 0 Å². The molecule has 0 fully saturated rings. The topological polar surface area (TPSA) is 59.8 Å². The minimum absolute atomic E-state index is 0.147. The zero-order valence-electron chi connectivity index (χ0n) is 10.9. The van der Waals surface area contributed by atoms with Crippen molar-refractivity contribution in [1.29, 1.82) is 0 Å². The van der Waals surface area contributed by atoms with Crippen molar-refractivity contribution < 1.29 is 4.79 Å². The van der Waals surface area contributed by atoms with E-state index in [0.29, 0.717) is 23.0 Å². The quantitative estimate of drug-likeness (QED) is 0.939. The number of pyridine rings is 1. The van der Waals surface area contributed by atoms with Crippen LogP contribution in [0.25, 0.3) is 0 Å². The van der Waals surface area contributed by atoms with Crippen LogP contribution >= 0.6 is 11.6 Å². The summed E-state index contributed by atoms with van der Waals surface area (Å²) in [4.78, 5) is 20.3. The molecule has 1 amide bonds. The van der Waals surface area contributed by atoms with Gasteiger partial charge in [0.25, 0.3) is 5.91 Å². The molecule has 0 unspecified atom stereocenters. The molecule has 0 saturated heterocycles. The average molecular weight is 291 g/mol. The van der Waals surface area contributed by atoms with Gasteiger partial charge in [0.2, 0.25) is 0 Å². The first-order chi connectivity index (χ1) is 9.74. The lowest BCUT2D eigenvalue weighted by Gasteiger charge is -2.23. The summed E-state index contributed by atoms with van der Waals surface area (Å²) in [7, 11) is 0. The Labute approximate surface area is 122 Å². The van der Waals surface area contributed by atoms with Crippen LogP contribution in [-0.4, -0.2) is 27.0 Å². The van der Waals surface area contributed by atoms with Gasteiger partial charge in [-0.3, -0.25) is 9.78 Å². The van der Waals surface area contributed by atoms with E-state index in [0.717, 1.165) is 25.2 Å². The van der Waals surface area contributed by atoms with Crippen molar-refractivity contribution in [2.45, 2.75) is 19.4 Å². The highest BCUT2D eigenvalue weighted by Crippen LogP contribution is 2.19. The molecule has 1 N–H and O–H groups in total. The normalized spacial score (nSPS) is 17.6. The molecule has 0 radical (unpaired) electrons. The molecule has 6 heteroatoms. The summed E-state index contributed by atoms with van der Waals surface area (Å²) in [5.74, 6) is 1.37. The number of aromatic nitrogens is 3. The number of hydrogen-bond acceptors (Lipinski definition) is 3. The number of aryl methyl sites for hydroxylation is 1. The number of imidazole rings is 1. The first-order valence-electron chi connectivity index (χ1n) is 6.62. The second kappa shape index (κ2) is 5.63. The molecule has 3 heterocycles. The fraction of sp³-hybridized carbons (Fsp3) is 0.357. The van der Waals surface area contributed by atoms with Crippen molar-refractivity contribution in [1.82, 2.24) is 19.9 Å². The highest BCUT2D eigenvalue weighted by molar-refractivity contribution is 6.33. The number of carbonyl (C=O) groups is 1. The molecule has 2 aromatic heterocycles. The fourth-order valence-electron chi connectivity index (χ4n) is 2.48. The molecule has 20 heavy (non-hydrogen) atoms. The van der Waals surface area contributed by atoms with Gasteiger partial charge in [-0.15, -0.1) is 0 Å². The Balaban J connectivity index is 1.58. The summed E-state index contributed by atoms with van der Waals surface area (Å²) in [5.41, 5.74) is 0.471. The predicted octanol–water partition coefficient (Wildman–Crippen LogP) is 1.92. The van der Waals surface area contributed by atoms with Crippen LogP contribution in [0, 0.1) is 5.92 Å². The van der Waals surface area contributed by atoms with Crippen LogP contribution in [-0.2, 0) is 13.0 Å². The Hall–Kier alpha value is -1.88.